The van der Waals surface area contributed by atoms with Gasteiger partial charge in [-0.05, 0) is 30.0 Å². The number of halogens is 1. The van der Waals surface area contributed by atoms with Crippen LogP contribution in [0.25, 0.3) is 0 Å². The zero-order chi connectivity index (χ0) is 13.1. The van der Waals surface area contributed by atoms with Crippen LogP contribution in [-0.4, -0.2) is 7.11 Å². The van der Waals surface area contributed by atoms with Crippen molar-refractivity contribution in [3.8, 4) is 5.75 Å². The van der Waals surface area contributed by atoms with Crippen molar-refractivity contribution in [1.29, 1.82) is 0 Å². The van der Waals surface area contributed by atoms with E-state index in [1.165, 1.54) is 0 Å². The fourth-order valence-corrected chi connectivity index (χ4v) is 2.05. The predicted octanol–water partition coefficient (Wildman–Crippen LogP) is 3.29. The topological polar surface area (TPSA) is 47.3 Å². The number of hydrazine groups is 1. The second-order valence-corrected chi connectivity index (χ2v) is 5.26. The molecule has 3 N–H and O–H groups in total. The lowest BCUT2D eigenvalue weighted by atomic mass is 9.78. The summed E-state index contributed by atoms with van der Waals surface area (Å²) in [5, 5.41) is 0.688. The third-order valence-corrected chi connectivity index (χ3v) is 3.60. The molecular formula is C13H21ClN2O. The van der Waals surface area contributed by atoms with Gasteiger partial charge in [-0.15, -0.1) is 0 Å². The van der Waals surface area contributed by atoms with Crippen LogP contribution in [-0.2, 0) is 0 Å². The van der Waals surface area contributed by atoms with Crippen LogP contribution in [0.4, 0.5) is 0 Å². The Morgan fingerprint density at radius 1 is 1.47 bits per heavy atom. The fraction of sp³-hybridized carbons (Fsp3) is 0.538. The molecule has 17 heavy (non-hydrogen) atoms. The van der Waals surface area contributed by atoms with Crippen LogP contribution in [0.1, 0.15) is 38.8 Å². The van der Waals surface area contributed by atoms with E-state index in [4.69, 9.17) is 22.2 Å². The lowest BCUT2D eigenvalue weighted by Crippen LogP contribution is -2.38. The van der Waals surface area contributed by atoms with E-state index in [0.717, 1.165) is 17.7 Å². The highest BCUT2D eigenvalue weighted by Gasteiger charge is 2.30. The molecule has 0 aromatic heterocycles. The maximum absolute atomic E-state index is 6.04. The second-order valence-electron chi connectivity index (χ2n) is 4.83. The van der Waals surface area contributed by atoms with E-state index in [1.54, 1.807) is 7.11 Å². The van der Waals surface area contributed by atoms with Gasteiger partial charge in [-0.3, -0.25) is 11.3 Å². The molecule has 1 atom stereocenters. The Balaban J connectivity index is 3.23. The SMILES string of the molecule is CCC(C)(C)C(NN)c1cc(Cl)ccc1OC. The number of nitrogens with two attached hydrogens (primary N) is 1. The molecule has 0 saturated carbocycles. The molecule has 0 aliphatic carbocycles. The number of hydrogen-bond acceptors (Lipinski definition) is 3. The largest absolute Gasteiger partial charge is 0.496 e. The first-order valence-corrected chi connectivity index (χ1v) is 6.13. The summed E-state index contributed by atoms with van der Waals surface area (Å²) in [6.07, 6.45) is 0.998. The number of nitrogens with one attached hydrogen (secondary N) is 1. The van der Waals surface area contributed by atoms with Gasteiger partial charge in [0, 0.05) is 10.6 Å². The first-order chi connectivity index (χ1) is 7.96. The van der Waals surface area contributed by atoms with E-state index >= 15 is 0 Å². The van der Waals surface area contributed by atoms with Crippen molar-refractivity contribution < 1.29 is 4.74 Å². The molecule has 96 valence electrons. The summed E-state index contributed by atoms with van der Waals surface area (Å²) in [6.45, 7) is 6.47. The summed E-state index contributed by atoms with van der Waals surface area (Å²) >= 11 is 6.04. The van der Waals surface area contributed by atoms with Gasteiger partial charge in [0.1, 0.15) is 5.75 Å². The molecule has 1 aromatic rings. The smallest absolute Gasteiger partial charge is 0.123 e. The van der Waals surface area contributed by atoms with Gasteiger partial charge in [0.05, 0.1) is 13.2 Å². The fourth-order valence-electron chi connectivity index (χ4n) is 1.87. The summed E-state index contributed by atoms with van der Waals surface area (Å²) in [5.41, 5.74) is 3.89. The number of ether oxygens (including phenoxy) is 1. The van der Waals surface area contributed by atoms with Crippen LogP contribution >= 0.6 is 11.6 Å². The van der Waals surface area contributed by atoms with Crippen LogP contribution in [0.15, 0.2) is 18.2 Å². The van der Waals surface area contributed by atoms with Gasteiger partial charge in [0.15, 0.2) is 0 Å². The third kappa shape index (κ3) is 3.12. The van der Waals surface area contributed by atoms with Gasteiger partial charge in [0.2, 0.25) is 0 Å². The molecule has 0 bridgehead atoms. The number of hydrogen-bond donors (Lipinski definition) is 2. The third-order valence-electron chi connectivity index (χ3n) is 3.36. The molecule has 1 rings (SSSR count). The minimum absolute atomic E-state index is 0.00106. The number of benzene rings is 1. The van der Waals surface area contributed by atoms with Crippen molar-refractivity contribution in [2.75, 3.05) is 7.11 Å². The Labute approximate surface area is 108 Å². The monoisotopic (exact) mass is 256 g/mol. The molecule has 0 amide bonds. The Morgan fingerprint density at radius 2 is 2.12 bits per heavy atom. The number of methoxy groups -OCH3 is 1. The van der Waals surface area contributed by atoms with E-state index in [-0.39, 0.29) is 11.5 Å². The Kier molecular flexibility index (Phi) is 4.80. The van der Waals surface area contributed by atoms with Crippen LogP contribution < -0.4 is 16.0 Å². The lowest BCUT2D eigenvalue weighted by molar-refractivity contribution is 0.230. The van der Waals surface area contributed by atoms with Crippen molar-refractivity contribution >= 4 is 11.6 Å². The summed E-state index contributed by atoms with van der Waals surface area (Å²) in [7, 11) is 1.65. The lowest BCUT2D eigenvalue weighted by Gasteiger charge is -2.34. The van der Waals surface area contributed by atoms with Crippen molar-refractivity contribution in [2.45, 2.75) is 33.2 Å². The normalized spacial score (nSPS) is 13.5. The van der Waals surface area contributed by atoms with E-state index in [0.29, 0.717) is 5.02 Å². The van der Waals surface area contributed by atoms with E-state index in [9.17, 15) is 0 Å². The molecule has 3 nitrogen and oxygen atoms in total. The van der Waals surface area contributed by atoms with Gasteiger partial charge in [-0.25, -0.2) is 0 Å². The molecule has 0 saturated heterocycles. The van der Waals surface area contributed by atoms with Gasteiger partial charge in [-0.2, -0.15) is 0 Å². The van der Waals surface area contributed by atoms with Crippen LogP contribution in [0.2, 0.25) is 5.02 Å². The highest BCUT2D eigenvalue weighted by Crippen LogP contribution is 2.40. The molecule has 0 spiro atoms. The molecule has 1 unspecified atom stereocenters. The van der Waals surface area contributed by atoms with Gasteiger partial charge in [0.25, 0.3) is 0 Å². The molecular weight excluding hydrogens is 236 g/mol. The summed E-state index contributed by atoms with van der Waals surface area (Å²) in [5.74, 6) is 6.50. The van der Waals surface area contributed by atoms with Crippen molar-refractivity contribution in [3.05, 3.63) is 28.8 Å². The Hall–Kier alpha value is -0.770. The highest BCUT2D eigenvalue weighted by atomic mass is 35.5. The first kappa shape index (κ1) is 14.3. The van der Waals surface area contributed by atoms with Crippen LogP contribution in [0, 0.1) is 5.41 Å². The summed E-state index contributed by atoms with van der Waals surface area (Å²) in [4.78, 5) is 0. The molecule has 0 heterocycles. The average molecular weight is 257 g/mol. The van der Waals surface area contributed by atoms with Crippen LogP contribution in [0.5, 0.6) is 5.75 Å². The quantitative estimate of drug-likeness (QED) is 0.628. The molecule has 0 fully saturated rings. The molecule has 1 aromatic carbocycles. The first-order valence-electron chi connectivity index (χ1n) is 5.75. The second kappa shape index (κ2) is 5.71. The Morgan fingerprint density at radius 3 is 2.59 bits per heavy atom. The summed E-state index contributed by atoms with van der Waals surface area (Å²) in [6, 6.07) is 5.59. The zero-order valence-electron chi connectivity index (χ0n) is 10.9. The highest BCUT2D eigenvalue weighted by molar-refractivity contribution is 6.30. The molecule has 0 aliphatic heterocycles. The van der Waals surface area contributed by atoms with Crippen LogP contribution in [0.3, 0.4) is 0 Å². The maximum atomic E-state index is 6.04. The van der Waals surface area contributed by atoms with E-state index < -0.39 is 0 Å². The Bertz CT molecular complexity index is 380. The average Bonchev–Trinajstić information content (AvgIpc) is 2.30. The van der Waals surface area contributed by atoms with Gasteiger partial charge in [-0.1, -0.05) is 32.4 Å². The van der Waals surface area contributed by atoms with Gasteiger partial charge >= 0.3 is 0 Å². The van der Waals surface area contributed by atoms with Crippen molar-refractivity contribution in [2.24, 2.45) is 11.3 Å². The minimum atomic E-state index is 0.00106. The number of rotatable bonds is 5. The van der Waals surface area contributed by atoms with Crippen molar-refractivity contribution in [3.63, 3.8) is 0 Å². The zero-order valence-corrected chi connectivity index (χ0v) is 11.6. The van der Waals surface area contributed by atoms with Gasteiger partial charge < -0.3 is 4.74 Å². The van der Waals surface area contributed by atoms with Crippen molar-refractivity contribution in [1.82, 2.24) is 5.43 Å². The molecule has 0 aliphatic rings. The van der Waals surface area contributed by atoms with E-state index in [1.807, 2.05) is 18.2 Å². The molecule has 0 radical (unpaired) electrons. The minimum Gasteiger partial charge on any atom is -0.496 e. The molecule has 4 heteroatoms. The van der Waals surface area contributed by atoms with E-state index in [2.05, 4.69) is 26.2 Å². The standard InChI is InChI=1S/C13H21ClN2O/c1-5-13(2,3)12(16-15)10-8-9(14)6-7-11(10)17-4/h6-8,12,16H,5,15H2,1-4H3. The predicted molar refractivity (Wildman–Crippen MR) is 72.1 cm³/mol. The maximum Gasteiger partial charge on any atom is 0.123 e. The summed E-state index contributed by atoms with van der Waals surface area (Å²) < 4.78 is 5.37.